The molecule has 0 unspecified atom stereocenters. The Morgan fingerprint density at radius 1 is 1.41 bits per heavy atom. The van der Waals surface area contributed by atoms with Crippen LogP contribution in [0.25, 0.3) is 0 Å². The highest BCUT2D eigenvalue weighted by Gasteiger charge is 2.34. The molecule has 0 aliphatic carbocycles. The molecule has 0 radical (unpaired) electrons. The van der Waals surface area contributed by atoms with Gasteiger partial charge in [0.15, 0.2) is 5.03 Å². The maximum Gasteiger partial charge on any atom is 0.321 e. The molecule has 126 valence electrons. The van der Waals surface area contributed by atoms with Crippen molar-refractivity contribution in [1.29, 1.82) is 0 Å². The Bertz CT molecular complexity index is 656. The van der Waals surface area contributed by atoms with E-state index in [-0.39, 0.29) is 18.0 Å². The quantitative estimate of drug-likeness (QED) is 0.783. The predicted molar refractivity (Wildman–Crippen MR) is 74.1 cm³/mol. The minimum atomic E-state index is -4.45. The minimum Gasteiger partial charge on any atom is -0.480 e. The number of hydrogen-bond donors (Lipinski definition) is 2. The van der Waals surface area contributed by atoms with Crippen molar-refractivity contribution < 1.29 is 27.1 Å². The summed E-state index contributed by atoms with van der Waals surface area (Å²) in [6.45, 7) is 4.72. The normalized spacial score (nSPS) is 13.8. The van der Waals surface area contributed by atoms with Gasteiger partial charge in [-0.25, -0.2) is 17.2 Å². The molecule has 0 amide bonds. The number of aryl methyl sites for hydroxylation is 2. The van der Waals surface area contributed by atoms with Crippen LogP contribution >= 0.6 is 0 Å². The molecule has 1 aromatic rings. The Morgan fingerprint density at radius 2 is 1.95 bits per heavy atom. The molecule has 0 saturated carbocycles. The SMILES string of the molecule is Cc1nn(C)c(S(=O)(=O)N[C@@H](CC(C)C)C(=O)O)c1C(F)F. The number of rotatable bonds is 7. The van der Waals surface area contributed by atoms with Gasteiger partial charge < -0.3 is 5.11 Å². The van der Waals surface area contributed by atoms with E-state index in [1.54, 1.807) is 13.8 Å². The summed E-state index contributed by atoms with van der Waals surface area (Å²) in [5.74, 6) is -1.46. The fourth-order valence-electron chi connectivity index (χ4n) is 2.14. The average Bonchev–Trinajstić information content (AvgIpc) is 2.63. The zero-order valence-corrected chi connectivity index (χ0v) is 13.5. The first-order valence-electron chi connectivity index (χ1n) is 6.54. The maximum atomic E-state index is 13.1. The van der Waals surface area contributed by atoms with Crippen LogP contribution in [0.1, 0.15) is 38.0 Å². The molecule has 1 aromatic heterocycles. The van der Waals surface area contributed by atoms with Crippen molar-refractivity contribution >= 4 is 16.0 Å². The van der Waals surface area contributed by atoms with Crippen LogP contribution in [-0.4, -0.2) is 35.3 Å². The zero-order valence-electron chi connectivity index (χ0n) is 12.7. The third kappa shape index (κ3) is 4.01. The molecular formula is C12H19F2N3O4S. The lowest BCUT2D eigenvalue weighted by atomic mass is 10.1. The Kier molecular flexibility index (Phi) is 5.63. The number of nitrogens with zero attached hydrogens (tertiary/aromatic N) is 2. The van der Waals surface area contributed by atoms with Crippen LogP contribution in [0.2, 0.25) is 0 Å². The molecule has 22 heavy (non-hydrogen) atoms. The van der Waals surface area contributed by atoms with E-state index in [0.717, 1.165) is 4.68 Å². The molecule has 7 nitrogen and oxygen atoms in total. The number of sulfonamides is 1. The number of carboxylic acids is 1. The molecule has 0 aromatic carbocycles. The van der Waals surface area contributed by atoms with Crippen molar-refractivity contribution in [2.24, 2.45) is 13.0 Å². The summed E-state index contributed by atoms with van der Waals surface area (Å²) in [6, 6.07) is -1.40. The van der Waals surface area contributed by atoms with Gasteiger partial charge in [-0.15, -0.1) is 0 Å². The van der Waals surface area contributed by atoms with Crippen molar-refractivity contribution in [2.45, 2.75) is 44.7 Å². The Morgan fingerprint density at radius 3 is 2.36 bits per heavy atom. The molecule has 0 aliphatic heterocycles. The van der Waals surface area contributed by atoms with Crippen molar-refractivity contribution in [3.8, 4) is 0 Å². The average molecular weight is 339 g/mol. The monoisotopic (exact) mass is 339 g/mol. The van der Waals surface area contributed by atoms with Crippen LogP contribution < -0.4 is 4.72 Å². The Labute approximate surface area is 127 Å². The highest BCUT2D eigenvalue weighted by molar-refractivity contribution is 7.89. The second kappa shape index (κ2) is 6.69. The van der Waals surface area contributed by atoms with Gasteiger partial charge in [0.2, 0.25) is 0 Å². The zero-order chi connectivity index (χ0) is 17.2. The lowest BCUT2D eigenvalue weighted by molar-refractivity contribution is -0.139. The van der Waals surface area contributed by atoms with Crippen molar-refractivity contribution in [3.63, 3.8) is 0 Å². The highest BCUT2D eigenvalue weighted by Crippen LogP contribution is 2.29. The van der Waals surface area contributed by atoms with Gasteiger partial charge >= 0.3 is 5.97 Å². The lowest BCUT2D eigenvalue weighted by Crippen LogP contribution is -2.42. The van der Waals surface area contributed by atoms with E-state index in [9.17, 15) is 22.0 Å². The third-order valence-electron chi connectivity index (χ3n) is 2.99. The van der Waals surface area contributed by atoms with E-state index < -0.39 is 39.0 Å². The van der Waals surface area contributed by atoms with Gasteiger partial charge in [-0.1, -0.05) is 13.8 Å². The van der Waals surface area contributed by atoms with Gasteiger partial charge in [-0.2, -0.15) is 9.82 Å². The van der Waals surface area contributed by atoms with Crippen molar-refractivity contribution in [2.75, 3.05) is 0 Å². The van der Waals surface area contributed by atoms with Crippen LogP contribution in [-0.2, 0) is 21.9 Å². The van der Waals surface area contributed by atoms with Crippen LogP contribution in [0, 0.1) is 12.8 Å². The summed E-state index contributed by atoms with van der Waals surface area (Å²) < 4.78 is 53.6. The topological polar surface area (TPSA) is 101 Å². The van der Waals surface area contributed by atoms with Crippen LogP contribution in [0.5, 0.6) is 0 Å². The van der Waals surface area contributed by atoms with E-state index >= 15 is 0 Å². The van der Waals surface area contributed by atoms with Crippen LogP contribution in [0.15, 0.2) is 5.03 Å². The first-order chi connectivity index (χ1) is 9.97. The number of carbonyl (C=O) groups is 1. The third-order valence-corrected chi connectivity index (χ3v) is 4.58. The van der Waals surface area contributed by atoms with Crippen LogP contribution in [0.4, 0.5) is 8.78 Å². The first-order valence-corrected chi connectivity index (χ1v) is 8.02. The van der Waals surface area contributed by atoms with Crippen LogP contribution in [0.3, 0.4) is 0 Å². The van der Waals surface area contributed by atoms with E-state index in [0.29, 0.717) is 0 Å². The molecular weight excluding hydrogens is 320 g/mol. The summed E-state index contributed by atoms with van der Waals surface area (Å²) >= 11 is 0. The standard InChI is InChI=1S/C12H19F2N3O4S/c1-6(2)5-8(12(18)19)16-22(20,21)11-9(10(13)14)7(3)15-17(11)4/h6,8,10,16H,5H2,1-4H3,(H,18,19)/t8-/m0/s1. The highest BCUT2D eigenvalue weighted by atomic mass is 32.2. The number of aliphatic carboxylic acids is 1. The summed E-state index contributed by atoms with van der Waals surface area (Å²) in [7, 11) is -3.23. The van der Waals surface area contributed by atoms with E-state index in [1.165, 1.54) is 14.0 Å². The number of hydrogen-bond acceptors (Lipinski definition) is 4. The molecule has 0 fully saturated rings. The fraction of sp³-hybridized carbons (Fsp3) is 0.667. The largest absolute Gasteiger partial charge is 0.480 e. The Balaban J connectivity index is 3.27. The molecule has 1 rings (SSSR count). The first kappa shape index (κ1) is 18.5. The number of aromatic nitrogens is 2. The number of halogens is 2. The summed E-state index contributed by atoms with van der Waals surface area (Å²) in [4.78, 5) is 11.2. The molecule has 1 atom stereocenters. The second-order valence-electron chi connectivity index (χ2n) is 5.37. The fourth-order valence-corrected chi connectivity index (χ4v) is 3.74. The number of nitrogens with one attached hydrogen (secondary N) is 1. The van der Waals surface area contributed by atoms with Gasteiger partial charge in [-0.05, 0) is 19.3 Å². The van der Waals surface area contributed by atoms with E-state index in [1.807, 2.05) is 4.72 Å². The summed E-state index contributed by atoms with van der Waals surface area (Å²) in [5, 5.41) is 12.1. The number of alkyl halides is 2. The van der Waals surface area contributed by atoms with E-state index in [4.69, 9.17) is 5.11 Å². The minimum absolute atomic E-state index is 0.0371. The van der Waals surface area contributed by atoms with Gasteiger partial charge in [0.25, 0.3) is 16.4 Å². The Hall–Kier alpha value is -1.55. The molecule has 2 N–H and O–H groups in total. The van der Waals surface area contributed by atoms with E-state index in [2.05, 4.69) is 5.10 Å². The van der Waals surface area contributed by atoms with Crippen molar-refractivity contribution in [1.82, 2.24) is 14.5 Å². The molecule has 10 heteroatoms. The molecule has 1 heterocycles. The lowest BCUT2D eigenvalue weighted by Gasteiger charge is -2.17. The van der Waals surface area contributed by atoms with Gasteiger partial charge in [0, 0.05) is 7.05 Å². The summed E-state index contributed by atoms with van der Waals surface area (Å²) in [5.41, 5.74) is -0.836. The molecule has 0 bridgehead atoms. The smallest absolute Gasteiger partial charge is 0.321 e. The summed E-state index contributed by atoms with van der Waals surface area (Å²) in [6.07, 6.45) is -3.00. The maximum absolute atomic E-state index is 13.1. The van der Waals surface area contributed by atoms with Gasteiger partial charge in [0.05, 0.1) is 11.3 Å². The number of carboxylic acid groups (broad SMARTS) is 1. The molecule has 0 spiro atoms. The molecule has 0 saturated heterocycles. The van der Waals surface area contributed by atoms with Gasteiger partial charge in [-0.3, -0.25) is 9.48 Å². The van der Waals surface area contributed by atoms with Gasteiger partial charge in [0.1, 0.15) is 6.04 Å². The van der Waals surface area contributed by atoms with Crippen molar-refractivity contribution in [3.05, 3.63) is 11.3 Å². The second-order valence-corrected chi connectivity index (χ2v) is 7.00. The molecule has 0 aliphatic rings. The predicted octanol–water partition coefficient (Wildman–Crippen LogP) is 1.44.